The first-order chi connectivity index (χ1) is 12.2. The van der Waals surface area contributed by atoms with Gasteiger partial charge in [-0.15, -0.1) is 0 Å². The summed E-state index contributed by atoms with van der Waals surface area (Å²) in [7, 11) is 0. The van der Waals surface area contributed by atoms with Crippen LogP contribution < -0.4 is 0 Å². The highest BCUT2D eigenvalue weighted by atomic mass is 35.5. The van der Waals surface area contributed by atoms with Gasteiger partial charge in [-0.3, -0.25) is 4.79 Å². The molecule has 1 aromatic heterocycles. The maximum Gasteiger partial charge on any atom is 0.274 e. The molecule has 0 atom stereocenters. The summed E-state index contributed by atoms with van der Waals surface area (Å²) < 4.78 is 0. The molecule has 0 N–H and O–H groups in total. The Balaban J connectivity index is 1.77. The molecular formula is C20H18ClN3O. The normalized spacial score (nSPS) is 10.4. The molecule has 0 spiro atoms. The Labute approximate surface area is 152 Å². The van der Waals surface area contributed by atoms with E-state index in [1.165, 1.54) is 18.0 Å². The molecule has 0 unspecified atom stereocenters. The average molecular weight is 352 g/mol. The van der Waals surface area contributed by atoms with Gasteiger partial charge >= 0.3 is 0 Å². The lowest BCUT2D eigenvalue weighted by Gasteiger charge is -2.22. The van der Waals surface area contributed by atoms with Crippen molar-refractivity contribution in [1.29, 1.82) is 0 Å². The van der Waals surface area contributed by atoms with E-state index in [1.54, 1.807) is 4.90 Å². The third-order valence-corrected chi connectivity index (χ3v) is 4.05. The molecular weight excluding hydrogens is 334 g/mol. The molecule has 3 aromatic rings. The predicted molar refractivity (Wildman–Crippen MR) is 98.4 cm³/mol. The molecule has 0 fully saturated rings. The van der Waals surface area contributed by atoms with E-state index in [2.05, 4.69) is 22.1 Å². The molecule has 0 radical (unpaired) electrons. The van der Waals surface area contributed by atoms with Gasteiger partial charge in [0.1, 0.15) is 10.8 Å². The third-order valence-electron chi connectivity index (χ3n) is 3.86. The SMILES string of the molecule is O=C(c1cnc(Cl)cn1)N(CCc1ccccc1)Cc1ccccc1. The van der Waals surface area contributed by atoms with Crippen LogP contribution in [0.3, 0.4) is 0 Å². The lowest BCUT2D eigenvalue weighted by Crippen LogP contribution is -2.33. The Morgan fingerprint density at radius 3 is 2.12 bits per heavy atom. The highest BCUT2D eigenvalue weighted by Gasteiger charge is 2.18. The summed E-state index contributed by atoms with van der Waals surface area (Å²) in [6.45, 7) is 1.12. The minimum absolute atomic E-state index is 0.149. The summed E-state index contributed by atoms with van der Waals surface area (Å²) in [5.74, 6) is -0.149. The second-order valence-corrected chi connectivity index (χ2v) is 6.06. The van der Waals surface area contributed by atoms with Gasteiger partial charge < -0.3 is 4.90 Å². The molecule has 5 heteroatoms. The van der Waals surface area contributed by atoms with Crippen molar-refractivity contribution in [1.82, 2.24) is 14.9 Å². The Bertz CT molecular complexity index is 807. The average Bonchev–Trinajstić information content (AvgIpc) is 2.67. The van der Waals surface area contributed by atoms with E-state index in [9.17, 15) is 4.79 Å². The molecule has 0 saturated heterocycles. The van der Waals surface area contributed by atoms with E-state index in [4.69, 9.17) is 11.6 Å². The van der Waals surface area contributed by atoms with Crippen molar-refractivity contribution in [3.8, 4) is 0 Å². The highest BCUT2D eigenvalue weighted by molar-refractivity contribution is 6.29. The zero-order valence-electron chi connectivity index (χ0n) is 13.7. The Hall–Kier alpha value is -2.72. The number of halogens is 1. The summed E-state index contributed by atoms with van der Waals surface area (Å²) in [6.07, 6.45) is 3.60. The summed E-state index contributed by atoms with van der Waals surface area (Å²) in [5, 5.41) is 0.274. The van der Waals surface area contributed by atoms with Crippen LogP contribution in [0.25, 0.3) is 0 Å². The van der Waals surface area contributed by atoms with Gasteiger partial charge in [0.15, 0.2) is 0 Å². The van der Waals surface area contributed by atoms with Gasteiger partial charge in [-0.1, -0.05) is 72.3 Å². The van der Waals surface area contributed by atoms with Crippen LogP contribution >= 0.6 is 11.6 Å². The molecule has 126 valence electrons. The minimum Gasteiger partial charge on any atom is -0.333 e. The van der Waals surface area contributed by atoms with Gasteiger partial charge in [0.05, 0.1) is 12.4 Å². The molecule has 0 saturated carbocycles. The third kappa shape index (κ3) is 4.88. The van der Waals surface area contributed by atoms with Crippen molar-refractivity contribution >= 4 is 17.5 Å². The molecule has 0 aliphatic rings. The molecule has 3 rings (SSSR count). The van der Waals surface area contributed by atoms with Crippen LogP contribution in [0.1, 0.15) is 21.6 Å². The molecule has 0 aliphatic carbocycles. The zero-order chi connectivity index (χ0) is 17.5. The molecule has 1 amide bonds. The van der Waals surface area contributed by atoms with Gasteiger partial charge in [-0.2, -0.15) is 0 Å². The number of carbonyl (C=O) groups excluding carboxylic acids is 1. The van der Waals surface area contributed by atoms with E-state index < -0.39 is 0 Å². The maximum atomic E-state index is 12.9. The van der Waals surface area contributed by atoms with Gasteiger partial charge in [-0.05, 0) is 17.5 Å². The summed E-state index contributed by atoms with van der Waals surface area (Å²) in [6, 6.07) is 20.0. The monoisotopic (exact) mass is 351 g/mol. The van der Waals surface area contributed by atoms with Crippen molar-refractivity contribution in [2.24, 2.45) is 0 Å². The van der Waals surface area contributed by atoms with Gasteiger partial charge in [-0.25, -0.2) is 9.97 Å². The van der Waals surface area contributed by atoms with Gasteiger partial charge in [0, 0.05) is 13.1 Å². The molecule has 0 aliphatic heterocycles. The fourth-order valence-electron chi connectivity index (χ4n) is 2.55. The summed E-state index contributed by atoms with van der Waals surface area (Å²) >= 11 is 5.77. The smallest absolute Gasteiger partial charge is 0.274 e. The van der Waals surface area contributed by atoms with Crippen LogP contribution in [0.4, 0.5) is 0 Å². The Morgan fingerprint density at radius 2 is 1.52 bits per heavy atom. The van der Waals surface area contributed by atoms with Crippen LogP contribution in [0.15, 0.2) is 73.1 Å². The van der Waals surface area contributed by atoms with Crippen molar-refractivity contribution in [2.45, 2.75) is 13.0 Å². The first-order valence-electron chi connectivity index (χ1n) is 8.07. The molecule has 25 heavy (non-hydrogen) atoms. The largest absolute Gasteiger partial charge is 0.333 e. The highest BCUT2D eigenvalue weighted by Crippen LogP contribution is 2.11. The topological polar surface area (TPSA) is 46.1 Å². The number of hydrogen-bond donors (Lipinski definition) is 0. The molecule has 2 aromatic carbocycles. The maximum absolute atomic E-state index is 12.9. The fraction of sp³-hybridized carbons (Fsp3) is 0.150. The van der Waals surface area contributed by atoms with Crippen LogP contribution in [0.5, 0.6) is 0 Å². The summed E-state index contributed by atoms with van der Waals surface area (Å²) in [4.78, 5) is 22.7. The van der Waals surface area contributed by atoms with Crippen LogP contribution in [0.2, 0.25) is 5.15 Å². The summed E-state index contributed by atoms with van der Waals surface area (Å²) in [5.41, 5.74) is 2.56. The first kappa shape index (κ1) is 17.1. The molecule has 4 nitrogen and oxygen atoms in total. The van der Waals surface area contributed by atoms with Crippen molar-refractivity contribution in [3.05, 3.63) is 95.0 Å². The predicted octanol–water partition coefficient (Wildman–Crippen LogP) is 4.02. The zero-order valence-corrected chi connectivity index (χ0v) is 14.4. The van der Waals surface area contributed by atoms with E-state index in [0.29, 0.717) is 18.8 Å². The Morgan fingerprint density at radius 1 is 0.880 bits per heavy atom. The number of benzene rings is 2. The number of amides is 1. The Kier molecular flexibility index (Phi) is 5.75. The minimum atomic E-state index is -0.149. The van der Waals surface area contributed by atoms with E-state index >= 15 is 0 Å². The van der Waals surface area contributed by atoms with Crippen LogP contribution in [-0.4, -0.2) is 27.3 Å². The lowest BCUT2D eigenvalue weighted by atomic mass is 10.1. The van der Waals surface area contributed by atoms with E-state index in [0.717, 1.165) is 12.0 Å². The van der Waals surface area contributed by atoms with Crippen molar-refractivity contribution < 1.29 is 4.79 Å². The lowest BCUT2D eigenvalue weighted by molar-refractivity contribution is 0.0738. The number of nitrogens with zero attached hydrogens (tertiary/aromatic N) is 3. The van der Waals surface area contributed by atoms with Crippen molar-refractivity contribution in [2.75, 3.05) is 6.54 Å². The van der Waals surface area contributed by atoms with Crippen LogP contribution in [0, 0.1) is 0 Å². The molecule has 1 heterocycles. The van der Waals surface area contributed by atoms with Crippen LogP contribution in [-0.2, 0) is 13.0 Å². The first-order valence-corrected chi connectivity index (χ1v) is 8.45. The number of rotatable bonds is 6. The van der Waals surface area contributed by atoms with E-state index in [-0.39, 0.29) is 11.1 Å². The number of hydrogen-bond acceptors (Lipinski definition) is 3. The van der Waals surface area contributed by atoms with Crippen molar-refractivity contribution in [3.63, 3.8) is 0 Å². The quantitative estimate of drug-likeness (QED) is 0.674. The fourth-order valence-corrected chi connectivity index (χ4v) is 2.65. The number of carbonyl (C=O) groups is 1. The standard InChI is InChI=1S/C20H18ClN3O/c21-19-14-22-18(13-23-19)20(25)24(15-17-9-5-2-6-10-17)12-11-16-7-3-1-4-8-16/h1-10,13-14H,11-12,15H2. The second kappa shape index (κ2) is 8.40. The molecule has 0 bridgehead atoms. The van der Waals surface area contributed by atoms with Gasteiger partial charge in [0.25, 0.3) is 5.91 Å². The second-order valence-electron chi connectivity index (χ2n) is 5.67. The van der Waals surface area contributed by atoms with E-state index in [1.807, 2.05) is 48.5 Å². The van der Waals surface area contributed by atoms with Gasteiger partial charge in [0.2, 0.25) is 0 Å². The number of aromatic nitrogens is 2.